The number of carbonyl (C=O) groups is 5. The highest BCUT2D eigenvalue weighted by molar-refractivity contribution is 6.30. The average molecular weight is 1000 g/mol. The van der Waals surface area contributed by atoms with Crippen LogP contribution in [0, 0.1) is 56.2 Å². The monoisotopic (exact) mass is 1000 g/mol. The van der Waals surface area contributed by atoms with Gasteiger partial charge in [-0.1, -0.05) is 60.1 Å². The van der Waals surface area contributed by atoms with Crippen molar-refractivity contribution in [2.45, 2.75) is 205 Å². The predicted octanol–water partition coefficient (Wildman–Crippen LogP) is 12.4. The molecule has 0 saturated heterocycles. The summed E-state index contributed by atoms with van der Waals surface area (Å²) in [6.45, 7) is 32.5. The zero-order chi connectivity index (χ0) is 52.7. The average Bonchev–Trinajstić information content (AvgIpc) is 3.78. The van der Waals surface area contributed by atoms with Crippen molar-refractivity contribution in [1.29, 1.82) is 0 Å². The molecule has 7 rings (SSSR count). The van der Waals surface area contributed by atoms with Gasteiger partial charge in [0.05, 0.1) is 11.8 Å². The van der Waals surface area contributed by atoms with E-state index in [1.807, 2.05) is 58.2 Å². The lowest BCUT2D eigenvalue weighted by atomic mass is 9.33. The van der Waals surface area contributed by atoms with Crippen LogP contribution < -0.4 is 5.32 Å². The number of ether oxygens (including phenoxy) is 4. The fourth-order valence-electron chi connectivity index (χ4n) is 14.9. The summed E-state index contributed by atoms with van der Waals surface area (Å²) in [5.41, 5.74) is -1.18. The molecule has 1 heterocycles. The standard InChI is InChI=1S/C57H83ClN4O9/c1-33(2)43-38(64)31-57(45(68-34(3)63)47-61-60-46(35-17-19-36(58)20-18-35)62(47)30-29-59-49(67)71-51(7,8)9)28-27-55(15)37(44(43)57)21-22-40-54(14)25-24-41(53(12,13)39(54)23-26-56(40,55)16)69-42(65)32-52(10,11)48(66)70-50(4,5)6/h17-20,33,37,39-41,45H,21-32H2,1-16H3,(H,59,67)/t37-,39+,40-,41+,45-,54+,55-,56-,57-/m1/s1. The van der Waals surface area contributed by atoms with Crippen LogP contribution in [0.3, 0.4) is 0 Å². The molecule has 71 heavy (non-hydrogen) atoms. The lowest BCUT2D eigenvalue weighted by molar-refractivity contribution is -0.236. The normalized spacial score (nSPS) is 30.9. The summed E-state index contributed by atoms with van der Waals surface area (Å²) >= 11 is 6.35. The van der Waals surface area contributed by atoms with E-state index in [-0.39, 0.29) is 77.3 Å². The van der Waals surface area contributed by atoms with E-state index in [1.54, 1.807) is 26.0 Å². The number of aromatic nitrogens is 3. The molecule has 1 amide bonds. The summed E-state index contributed by atoms with van der Waals surface area (Å²) in [7, 11) is 0. The number of amides is 1. The maximum absolute atomic E-state index is 14.9. The summed E-state index contributed by atoms with van der Waals surface area (Å²) in [6, 6.07) is 7.30. The molecule has 1 aromatic heterocycles. The highest BCUT2D eigenvalue weighted by Gasteiger charge is 2.71. The number of alkyl carbamates (subject to hydrolysis) is 1. The second-order valence-corrected chi connectivity index (χ2v) is 26.6. The summed E-state index contributed by atoms with van der Waals surface area (Å²) in [6.07, 6.45) is 5.26. The zero-order valence-corrected chi connectivity index (χ0v) is 46.4. The molecule has 14 heteroatoms. The van der Waals surface area contributed by atoms with Crippen LogP contribution in [0.15, 0.2) is 35.4 Å². The smallest absolute Gasteiger partial charge is 0.407 e. The Morgan fingerprint density at radius 3 is 2.07 bits per heavy atom. The van der Waals surface area contributed by atoms with Crippen molar-refractivity contribution in [3.63, 3.8) is 0 Å². The fraction of sp³-hybridized carbons (Fsp3) is 0.737. The van der Waals surface area contributed by atoms with Crippen LogP contribution in [0.1, 0.15) is 187 Å². The number of Topliss-reactive ketones (excluding diaryl/α,β-unsaturated/α-hetero) is 1. The number of benzene rings is 1. The Bertz CT molecular complexity index is 2440. The van der Waals surface area contributed by atoms with Gasteiger partial charge in [0.15, 0.2) is 23.5 Å². The van der Waals surface area contributed by atoms with Gasteiger partial charge in [-0.25, -0.2) is 4.79 Å². The molecule has 4 fully saturated rings. The minimum atomic E-state index is -1.03. The first-order valence-corrected chi connectivity index (χ1v) is 26.6. The van der Waals surface area contributed by atoms with Gasteiger partial charge in [0, 0.05) is 47.9 Å². The molecule has 4 saturated carbocycles. The van der Waals surface area contributed by atoms with Crippen molar-refractivity contribution in [2.24, 2.45) is 56.2 Å². The molecule has 0 aliphatic heterocycles. The Morgan fingerprint density at radius 2 is 1.46 bits per heavy atom. The number of nitrogens with zero attached hydrogens (tertiary/aromatic N) is 3. The molecule has 5 aliphatic carbocycles. The zero-order valence-electron chi connectivity index (χ0n) is 45.7. The third-order valence-electron chi connectivity index (χ3n) is 18.1. The molecule has 1 aromatic carbocycles. The molecule has 1 N–H and O–H groups in total. The van der Waals surface area contributed by atoms with Gasteiger partial charge in [0.1, 0.15) is 17.3 Å². The van der Waals surface area contributed by atoms with Crippen LogP contribution in [0.2, 0.25) is 5.02 Å². The van der Waals surface area contributed by atoms with E-state index in [0.29, 0.717) is 34.9 Å². The van der Waals surface area contributed by atoms with Crippen molar-refractivity contribution < 1.29 is 42.9 Å². The molecular weight excluding hydrogens is 920 g/mol. The minimum absolute atomic E-state index is 0.0409. The Kier molecular flexibility index (Phi) is 14.5. The fourth-order valence-corrected chi connectivity index (χ4v) is 15.1. The topological polar surface area (TPSA) is 165 Å². The molecule has 0 spiro atoms. The van der Waals surface area contributed by atoms with E-state index >= 15 is 0 Å². The molecule has 2 aromatic rings. The maximum Gasteiger partial charge on any atom is 0.407 e. The molecule has 5 aliphatic rings. The summed E-state index contributed by atoms with van der Waals surface area (Å²) in [4.78, 5) is 68.1. The second kappa shape index (κ2) is 18.9. The number of halogens is 1. The van der Waals surface area contributed by atoms with Crippen molar-refractivity contribution in [2.75, 3.05) is 6.54 Å². The van der Waals surface area contributed by atoms with Crippen LogP contribution in [0.25, 0.3) is 11.4 Å². The van der Waals surface area contributed by atoms with Gasteiger partial charge in [-0.05, 0) is 182 Å². The maximum atomic E-state index is 14.9. The van der Waals surface area contributed by atoms with Gasteiger partial charge >= 0.3 is 24.0 Å². The predicted molar refractivity (Wildman–Crippen MR) is 273 cm³/mol. The lowest BCUT2D eigenvalue weighted by Crippen LogP contribution is -2.66. The number of fused-ring (bicyclic) bond motifs is 7. The van der Waals surface area contributed by atoms with Crippen LogP contribution in [-0.2, 0) is 44.7 Å². The van der Waals surface area contributed by atoms with Gasteiger partial charge < -0.3 is 28.8 Å². The Morgan fingerprint density at radius 1 is 0.817 bits per heavy atom. The molecule has 0 unspecified atom stereocenters. The molecule has 0 radical (unpaired) electrons. The number of nitrogens with one attached hydrogen (secondary N) is 1. The Hall–Kier alpha value is -4.26. The van der Waals surface area contributed by atoms with E-state index in [2.05, 4.69) is 53.8 Å². The van der Waals surface area contributed by atoms with Crippen LogP contribution in [-0.4, -0.2) is 68.4 Å². The largest absolute Gasteiger partial charge is 0.462 e. The number of carbonyl (C=O) groups excluding carboxylic acids is 5. The van der Waals surface area contributed by atoms with Crippen molar-refractivity contribution >= 4 is 41.4 Å². The number of ketones is 1. The lowest BCUT2D eigenvalue weighted by Gasteiger charge is -2.72. The molecule has 392 valence electrons. The molecular formula is C57H83ClN4O9. The van der Waals surface area contributed by atoms with Crippen LogP contribution >= 0.6 is 11.6 Å². The number of hydrogen-bond acceptors (Lipinski definition) is 11. The highest BCUT2D eigenvalue weighted by Crippen LogP contribution is 2.78. The number of esters is 3. The minimum Gasteiger partial charge on any atom is -0.462 e. The SMILES string of the molecule is CC(=O)O[C@H](c1nnc(-c2ccc(Cl)cc2)n1CCNC(=O)OC(C)(C)C)[C@@]12CC[C@]3(C)[C@H](CC[C@@H]4[C@@]5(C)CC[C@H](OC(=O)CC(C)(C)C(=O)OC(C)(C)C)C(C)(C)[C@@H]5CC[C@]43C)C1=C(C(C)C)C(=O)C2. The van der Waals surface area contributed by atoms with E-state index in [9.17, 15) is 24.0 Å². The third kappa shape index (κ3) is 9.96. The van der Waals surface area contributed by atoms with Gasteiger partial charge in [0.25, 0.3) is 0 Å². The van der Waals surface area contributed by atoms with E-state index in [0.717, 1.165) is 61.7 Å². The second-order valence-electron chi connectivity index (χ2n) is 26.2. The van der Waals surface area contributed by atoms with Gasteiger partial charge in [-0.3, -0.25) is 19.2 Å². The van der Waals surface area contributed by atoms with E-state index in [4.69, 9.17) is 40.7 Å². The molecule has 0 bridgehead atoms. The summed E-state index contributed by atoms with van der Waals surface area (Å²) in [5, 5.41) is 13.0. The van der Waals surface area contributed by atoms with E-state index < -0.39 is 46.2 Å². The van der Waals surface area contributed by atoms with Crippen molar-refractivity contribution in [3.8, 4) is 11.4 Å². The first-order valence-electron chi connectivity index (χ1n) is 26.2. The third-order valence-corrected chi connectivity index (χ3v) is 18.4. The Labute approximate surface area is 428 Å². The number of hydrogen-bond donors (Lipinski definition) is 1. The first-order chi connectivity index (χ1) is 32.7. The van der Waals surface area contributed by atoms with Gasteiger partial charge in [-0.15, -0.1) is 10.2 Å². The summed E-state index contributed by atoms with van der Waals surface area (Å²) < 4.78 is 26.1. The van der Waals surface area contributed by atoms with E-state index in [1.165, 1.54) is 6.92 Å². The van der Waals surface area contributed by atoms with Crippen LogP contribution in [0.4, 0.5) is 4.79 Å². The quantitative estimate of drug-likeness (QED) is 0.159. The van der Waals surface area contributed by atoms with Gasteiger partial charge in [0.2, 0.25) is 0 Å². The highest BCUT2D eigenvalue weighted by atomic mass is 35.5. The molecule has 9 atom stereocenters. The Balaban J connectivity index is 1.23. The number of rotatable bonds is 12. The van der Waals surface area contributed by atoms with Gasteiger partial charge in [-0.2, -0.15) is 0 Å². The van der Waals surface area contributed by atoms with Crippen molar-refractivity contribution in [3.05, 3.63) is 46.3 Å². The van der Waals surface area contributed by atoms with Crippen LogP contribution in [0.5, 0.6) is 0 Å². The summed E-state index contributed by atoms with van der Waals surface area (Å²) in [5.74, 6) is 0.425. The first kappa shape index (κ1) is 54.5. The van der Waals surface area contributed by atoms with Crippen molar-refractivity contribution in [1.82, 2.24) is 20.1 Å². The number of allylic oxidation sites excluding steroid dienone is 1. The molecule has 13 nitrogen and oxygen atoms in total.